The fraction of sp³-hybridized carbons (Fsp3) is 0.235. The van der Waals surface area contributed by atoms with Gasteiger partial charge in [-0.25, -0.2) is 0 Å². The van der Waals surface area contributed by atoms with Crippen molar-refractivity contribution < 1.29 is 18.5 Å². The number of carbonyl (C=O) groups is 2. The monoisotopic (exact) mass is 357 g/mol. The molecule has 0 aromatic carbocycles. The lowest BCUT2D eigenvalue weighted by Crippen LogP contribution is -2.42. The van der Waals surface area contributed by atoms with E-state index in [1.54, 1.807) is 23.5 Å². The number of aromatic nitrogens is 1. The van der Waals surface area contributed by atoms with E-state index in [0.29, 0.717) is 36.6 Å². The molecule has 1 aliphatic heterocycles. The topological polar surface area (TPSA) is 97.4 Å². The number of Topliss-reactive ketones (excluding diaryl/α,β-unsaturated/α-hetero) is 1. The first kappa shape index (κ1) is 15.8. The number of hydrogen-bond donors (Lipinski definition) is 2. The Balaban J connectivity index is 1.45. The van der Waals surface area contributed by atoms with E-state index in [1.165, 1.54) is 6.26 Å². The van der Waals surface area contributed by atoms with Crippen molar-refractivity contribution in [3.05, 3.63) is 63.6 Å². The molecule has 8 heteroatoms. The van der Waals surface area contributed by atoms with Crippen LogP contribution in [0, 0.1) is 0 Å². The van der Waals surface area contributed by atoms with Gasteiger partial charge in [0.15, 0.2) is 11.5 Å². The van der Waals surface area contributed by atoms with Gasteiger partial charge in [-0.1, -0.05) is 11.2 Å². The van der Waals surface area contributed by atoms with E-state index in [0.717, 1.165) is 4.88 Å². The molecule has 3 aromatic heterocycles. The zero-order valence-corrected chi connectivity index (χ0v) is 14.0. The number of ketones is 1. The van der Waals surface area contributed by atoms with Gasteiger partial charge in [0, 0.05) is 23.4 Å². The summed E-state index contributed by atoms with van der Waals surface area (Å²) in [5, 5.41) is 11.8. The highest BCUT2D eigenvalue weighted by Gasteiger charge is 2.32. The maximum Gasteiger partial charge on any atom is 0.274 e. The number of hydrogen-bond acceptors (Lipinski definition) is 7. The minimum absolute atomic E-state index is 0.143. The minimum atomic E-state index is -0.450. The van der Waals surface area contributed by atoms with Gasteiger partial charge in [-0.3, -0.25) is 9.59 Å². The van der Waals surface area contributed by atoms with Gasteiger partial charge in [0.25, 0.3) is 5.91 Å². The number of furan rings is 1. The molecule has 0 fully saturated rings. The lowest BCUT2D eigenvalue weighted by atomic mass is 9.97. The van der Waals surface area contributed by atoms with E-state index in [-0.39, 0.29) is 17.4 Å². The molecule has 0 radical (unpaired) electrons. The Labute approximate surface area is 147 Å². The molecule has 0 saturated heterocycles. The van der Waals surface area contributed by atoms with Crippen LogP contribution in [-0.4, -0.2) is 22.9 Å². The summed E-state index contributed by atoms with van der Waals surface area (Å²) in [6, 6.07) is 6.74. The first-order valence-corrected chi connectivity index (χ1v) is 8.69. The van der Waals surface area contributed by atoms with Crippen molar-refractivity contribution in [3.8, 4) is 0 Å². The predicted octanol–water partition coefficient (Wildman–Crippen LogP) is 2.16. The summed E-state index contributed by atoms with van der Waals surface area (Å²) in [5.41, 5.74) is 0.968. The van der Waals surface area contributed by atoms with E-state index in [1.807, 2.05) is 17.5 Å². The quantitative estimate of drug-likeness (QED) is 0.679. The van der Waals surface area contributed by atoms with Crippen molar-refractivity contribution in [2.75, 3.05) is 0 Å². The molecule has 4 heterocycles. The number of carbonyl (C=O) groups excluding carboxylic acids is 2. The van der Waals surface area contributed by atoms with Crippen LogP contribution in [0.5, 0.6) is 0 Å². The Bertz CT molecular complexity index is 883. The van der Waals surface area contributed by atoms with Gasteiger partial charge < -0.3 is 19.6 Å². The van der Waals surface area contributed by atoms with Gasteiger partial charge in [0.2, 0.25) is 5.78 Å². The summed E-state index contributed by atoms with van der Waals surface area (Å²) in [7, 11) is 0. The first-order chi connectivity index (χ1) is 12.2. The molecule has 0 bridgehead atoms. The number of thiophene rings is 1. The van der Waals surface area contributed by atoms with Crippen molar-refractivity contribution in [2.24, 2.45) is 0 Å². The standard InChI is InChI=1S/C17H15N3O4S/c21-16(13-4-1-5-23-13)12-7-14-11(9-18-12)15(20-24-14)17(22)19-8-10-3-2-6-25-10/h1-6,12,18H,7-9H2,(H,19,22). The SMILES string of the molecule is O=C(NCc1cccs1)c1noc2c1CNC(C(=O)c1ccco1)C2. The molecule has 0 saturated carbocycles. The summed E-state index contributed by atoms with van der Waals surface area (Å²) < 4.78 is 10.5. The largest absolute Gasteiger partial charge is 0.461 e. The molecule has 1 amide bonds. The van der Waals surface area contributed by atoms with Crippen molar-refractivity contribution in [2.45, 2.75) is 25.6 Å². The van der Waals surface area contributed by atoms with Gasteiger partial charge in [-0.15, -0.1) is 11.3 Å². The lowest BCUT2D eigenvalue weighted by Gasteiger charge is -2.20. The Morgan fingerprint density at radius 1 is 1.36 bits per heavy atom. The van der Waals surface area contributed by atoms with E-state index in [9.17, 15) is 9.59 Å². The predicted molar refractivity (Wildman–Crippen MR) is 89.4 cm³/mol. The first-order valence-electron chi connectivity index (χ1n) is 7.81. The van der Waals surface area contributed by atoms with Gasteiger partial charge in [-0.05, 0) is 23.6 Å². The second-order valence-electron chi connectivity index (χ2n) is 5.67. The average Bonchev–Trinajstić information content (AvgIpc) is 3.40. The van der Waals surface area contributed by atoms with E-state index in [4.69, 9.17) is 8.94 Å². The molecule has 25 heavy (non-hydrogen) atoms. The second kappa shape index (κ2) is 6.66. The van der Waals surface area contributed by atoms with Crippen LogP contribution in [-0.2, 0) is 19.5 Å². The number of rotatable bonds is 5. The highest BCUT2D eigenvalue weighted by Crippen LogP contribution is 2.22. The van der Waals surface area contributed by atoms with Crippen molar-refractivity contribution >= 4 is 23.0 Å². The molecule has 2 N–H and O–H groups in total. The van der Waals surface area contributed by atoms with Crippen molar-refractivity contribution in [1.82, 2.24) is 15.8 Å². The third kappa shape index (κ3) is 3.13. The molecular formula is C17H15N3O4S. The molecule has 7 nitrogen and oxygen atoms in total. The second-order valence-corrected chi connectivity index (χ2v) is 6.71. The summed E-state index contributed by atoms with van der Waals surface area (Å²) in [6.07, 6.45) is 1.80. The highest BCUT2D eigenvalue weighted by molar-refractivity contribution is 7.09. The van der Waals surface area contributed by atoms with Crippen LogP contribution in [0.25, 0.3) is 0 Å². The zero-order valence-electron chi connectivity index (χ0n) is 13.2. The summed E-state index contributed by atoms with van der Waals surface area (Å²) in [5.74, 6) is 0.436. The average molecular weight is 357 g/mol. The molecule has 4 rings (SSSR count). The summed E-state index contributed by atoms with van der Waals surface area (Å²) in [4.78, 5) is 25.7. The zero-order chi connectivity index (χ0) is 17.2. The number of nitrogens with one attached hydrogen (secondary N) is 2. The number of nitrogens with zero attached hydrogens (tertiary/aromatic N) is 1. The van der Waals surface area contributed by atoms with E-state index < -0.39 is 6.04 Å². The molecule has 0 aliphatic carbocycles. The lowest BCUT2D eigenvalue weighted by molar-refractivity contribution is 0.0904. The third-order valence-corrected chi connectivity index (χ3v) is 4.96. The van der Waals surface area contributed by atoms with Crippen molar-refractivity contribution in [1.29, 1.82) is 0 Å². The van der Waals surface area contributed by atoms with Gasteiger partial charge in [0.05, 0.1) is 18.8 Å². The Kier molecular flexibility index (Phi) is 4.21. The van der Waals surface area contributed by atoms with Gasteiger partial charge in [-0.2, -0.15) is 0 Å². The number of fused-ring (bicyclic) bond motifs is 1. The Morgan fingerprint density at radius 3 is 3.04 bits per heavy atom. The Morgan fingerprint density at radius 2 is 2.28 bits per heavy atom. The summed E-state index contributed by atoms with van der Waals surface area (Å²) in [6.45, 7) is 0.795. The maximum atomic E-state index is 12.3. The van der Waals surface area contributed by atoms with E-state index >= 15 is 0 Å². The van der Waals surface area contributed by atoms with Gasteiger partial charge in [0.1, 0.15) is 5.76 Å². The number of amides is 1. The Hall–Kier alpha value is -2.71. The molecule has 3 aromatic rings. The van der Waals surface area contributed by atoms with Crippen molar-refractivity contribution in [3.63, 3.8) is 0 Å². The third-order valence-electron chi connectivity index (χ3n) is 4.08. The normalized spacial score (nSPS) is 16.4. The molecule has 128 valence electrons. The molecule has 1 unspecified atom stereocenters. The molecule has 1 atom stereocenters. The van der Waals surface area contributed by atoms with Crippen LogP contribution < -0.4 is 10.6 Å². The van der Waals surface area contributed by atoms with Crippen LogP contribution in [0.3, 0.4) is 0 Å². The summed E-state index contributed by atoms with van der Waals surface area (Å²) >= 11 is 1.58. The smallest absolute Gasteiger partial charge is 0.274 e. The maximum absolute atomic E-state index is 12.3. The highest BCUT2D eigenvalue weighted by atomic mass is 32.1. The molecule has 1 aliphatic rings. The van der Waals surface area contributed by atoms with Gasteiger partial charge >= 0.3 is 0 Å². The fourth-order valence-corrected chi connectivity index (χ4v) is 3.43. The van der Waals surface area contributed by atoms with E-state index in [2.05, 4.69) is 15.8 Å². The minimum Gasteiger partial charge on any atom is -0.461 e. The van der Waals surface area contributed by atoms with Crippen LogP contribution in [0.2, 0.25) is 0 Å². The van der Waals surface area contributed by atoms with Crippen LogP contribution >= 0.6 is 11.3 Å². The fourth-order valence-electron chi connectivity index (χ4n) is 2.79. The van der Waals surface area contributed by atoms with Crippen LogP contribution in [0.1, 0.15) is 37.2 Å². The molecular weight excluding hydrogens is 342 g/mol. The van der Waals surface area contributed by atoms with Crippen LogP contribution in [0.15, 0.2) is 44.8 Å². The molecule has 0 spiro atoms. The van der Waals surface area contributed by atoms with Crippen LogP contribution in [0.4, 0.5) is 0 Å².